The third-order valence-electron chi connectivity index (χ3n) is 2.76. The minimum absolute atomic E-state index is 0.722. The number of quaternary nitrogens is 1. The molecule has 1 aromatic rings. The summed E-state index contributed by atoms with van der Waals surface area (Å²) in [5.74, 6) is 1.06. The van der Waals surface area contributed by atoms with Crippen LogP contribution in [0, 0.1) is 4.77 Å². The van der Waals surface area contributed by atoms with Crippen molar-refractivity contribution in [3.05, 3.63) is 10.6 Å². The highest BCUT2D eigenvalue weighted by Gasteiger charge is 2.17. The molecular formula is C9H17N4OS+. The highest BCUT2D eigenvalue weighted by molar-refractivity contribution is 7.71. The predicted octanol–water partition coefficient (Wildman–Crippen LogP) is -0.624. The molecule has 1 aliphatic heterocycles. The lowest BCUT2D eigenvalue weighted by atomic mass is 10.4. The predicted molar refractivity (Wildman–Crippen MR) is 58.3 cm³/mol. The molecule has 0 aromatic carbocycles. The van der Waals surface area contributed by atoms with Crippen LogP contribution in [0.1, 0.15) is 12.7 Å². The highest BCUT2D eigenvalue weighted by atomic mass is 32.1. The molecule has 1 saturated heterocycles. The molecule has 0 unspecified atom stereocenters. The second-order valence-electron chi connectivity index (χ2n) is 3.73. The first-order valence-corrected chi connectivity index (χ1v) is 5.77. The van der Waals surface area contributed by atoms with Gasteiger partial charge in [0.25, 0.3) is 0 Å². The maximum absolute atomic E-state index is 5.32. The van der Waals surface area contributed by atoms with E-state index in [4.69, 9.17) is 17.0 Å². The Morgan fingerprint density at radius 2 is 2.27 bits per heavy atom. The van der Waals surface area contributed by atoms with Crippen LogP contribution in [0.25, 0.3) is 0 Å². The van der Waals surface area contributed by atoms with Crippen molar-refractivity contribution in [3.8, 4) is 0 Å². The van der Waals surface area contributed by atoms with E-state index < -0.39 is 0 Å². The molecule has 2 N–H and O–H groups in total. The van der Waals surface area contributed by atoms with Gasteiger partial charge in [-0.05, 0) is 19.1 Å². The number of hydrogen-bond donors (Lipinski definition) is 2. The van der Waals surface area contributed by atoms with Crippen molar-refractivity contribution in [2.75, 3.05) is 26.3 Å². The Balaban J connectivity index is 2.06. The average molecular weight is 229 g/mol. The summed E-state index contributed by atoms with van der Waals surface area (Å²) in [5, 5.41) is 7.11. The Morgan fingerprint density at radius 1 is 1.53 bits per heavy atom. The molecule has 0 saturated carbocycles. The molecule has 0 amide bonds. The molecule has 1 fully saturated rings. The number of hydrogen-bond acceptors (Lipinski definition) is 3. The van der Waals surface area contributed by atoms with E-state index >= 15 is 0 Å². The first kappa shape index (κ1) is 10.8. The van der Waals surface area contributed by atoms with Gasteiger partial charge in [0.05, 0.1) is 13.2 Å². The van der Waals surface area contributed by atoms with Gasteiger partial charge in [0.15, 0.2) is 10.6 Å². The Morgan fingerprint density at radius 3 is 2.93 bits per heavy atom. The molecule has 84 valence electrons. The molecule has 0 spiro atoms. The summed E-state index contributed by atoms with van der Waals surface area (Å²) in [5.41, 5.74) is 0. The first-order chi connectivity index (χ1) is 7.31. The fourth-order valence-corrected chi connectivity index (χ4v) is 2.15. The smallest absolute Gasteiger partial charge is 0.195 e. The molecule has 1 aliphatic rings. The van der Waals surface area contributed by atoms with E-state index in [0.29, 0.717) is 0 Å². The van der Waals surface area contributed by atoms with Gasteiger partial charge in [-0.2, -0.15) is 5.10 Å². The van der Waals surface area contributed by atoms with Gasteiger partial charge in [-0.1, -0.05) is 0 Å². The van der Waals surface area contributed by atoms with E-state index in [1.165, 1.54) is 4.90 Å². The van der Waals surface area contributed by atoms with Crippen molar-refractivity contribution in [3.63, 3.8) is 0 Å². The molecule has 5 nitrogen and oxygen atoms in total. The van der Waals surface area contributed by atoms with Crippen LogP contribution in [-0.4, -0.2) is 41.1 Å². The highest BCUT2D eigenvalue weighted by Crippen LogP contribution is 1.95. The van der Waals surface area contributed by atoms with Gasteiger partial charge in [0.2, 0.25) is 0 Å². The lowest BCUT2D eigenvalue weighted by Gasteiger charge is -2.23. The number of morpholine rings is 1. The van der Waals surface area contributed by atoms with E-state index in [-0.39, 0.29) is 0 Å². The van der Waals surface area contributed by atoms with E-state index in [9.17, 15) is 0 Å². The van der Waals surface area contributed by atoms with Crippen LogP contribution in [0.15, 0.2) is 0 Å². The SMILES string of the molecule is CCn1c(C[NH+]2CCOCC2)n[nH]c1=S. The van der Waals surface area contributed by atoms with Crippen molar-refractivity contribution in [1.29, 1.82) is 0 Å². The van der Waals surface area contributed by atoms with Crippen LogP contribution in [0.2, 0.25) is 0 Å². The summed E-state index contributed by atoms with van der Waals surface area (Å²) in [6, 6.07) is 0. The van der Waals surface area contributed by atoms with Gasteiger partial charge in [-0.25, -0.2) is 0 Å². The second kappa shape index (κ2) is 4.87. The normalized spacial score (nSPS) is 18.2. The minimum Gasteiger partial charge on any atom is -0.370 e. The van der Waals surface area contributed by atoms with Gasteiger partial charge in [-0.15, -0.1) is 0 Å². The van der Waals surface area contributed by atoms with Crippen molar-refractivity contribution in [2.24, 2.45) is 0 Å². The Bertz CT molecular complexity index is 366. The third kappa shape index (κ3) is 2.45. The fourth-order valence-electron chi connectivity index (χ4n) is 1.87. The van der Waals surface area contributed by atoms with Crippen LogP contribution in [0.4, 0.5) is 0 Å². The number of aromatic nitrogens is 3. The number of aromatic amines is 1. The summed E-state index contributed by atoms with van der Waals surface area (Å²) < 4.78 is 8.10. The molecule has 15 heavy (non-hydrogen) atoms. The number of H-pyrrole nitrogens is 1. The van der Waals surface area contributed by atoms with Crippen LogP contribution in [0.3, 0.4) is 0 Å². The molecule has 2 heterocycles. The van der Waals surface area contributed by atoms with Crippen LogP contribution in [-0.2, 0) is 17.8 Å². The maximum Gasteiger partial charge on any atom is 0.195 e. The summed E-state index contributed by atoms with van der Waals surface area (Å²) in [6.07, 6.45) is 0. The minimum atomic E-state index is 0.722. The molecule has 0 radical (unpaired) electrons. The lowest BCUT2D eigenvalue weighted by Crippen LogP contribution is -3.12. The zero-order valence-corrected chi connectivity index (χ0v) is 9.77. The zero-order chi connectivity index (χ0) is 10.7. The maximum atomic E-state index is 5.32. The average Bonchev–Trinajstić information content (AvgIpc) is 2.61. The third-order valence-corrected chi connectivity index (χ3v) is 3.07. The van der Waals surface area contributed by atoms with Crippen LogP contribution >= 0.6 is 12.2 Å². The zero-order valence-electron chi connectivity index (χ0n) is 8.95. The van der Waals surface area contributed by atoms with Crippen molar-refractivity contribution >= 4 is 12.2 Å². The summed E-state index contributed by atoms with van der Waals surface area (Å²) >= 11 is 5.15. The van der Waals surface area contributed by atoms with Crippen LogP contribution < -0.4 is 4.90 Å². The number of rotatable bonds is 3. The van der Waals surface area contributed by atoms with Crippen LogP contribution in [0.5, 0.6) is 0 Å². The van der Waals surface area contributed by atoms with Crippen molar-refractivity contribution < 1.29 is 9.64 Å². The fraction of sp³-hybridized carbons (Fsp3) is 0.778. The van der Waals surface area contributed by atoms with E-state index in [1.807, 2.05) is 0 Å². The molecule has 0 aliphatic carbocycles. The Labute approximate surface area is 94.0 Å². The molecular weight excluding hydrogens is 212 g/mol. The lowest BCUT2D eigenvalue weighted by molar-refractivity contribution is -0.922. The molecule has 6 heteroatoms. The monoisotopic (exact) mass is 229 g/mol. The van der Waals surface area contributed by atoms with Gasteiger partial charge >= 0.3 is 0 Å². The molecule has 0 bridgehead atoms. The Kier molecular flexibility index (Phi) is 3.50. The van der Waals surface area contributed by atoms with Gasteiger partial charge < -0.3 is 9.64 Å². The molecule has 1 aromatic heterocycles. The van der Waals surface area contributed by atoms with Crippen molar-refractivity contribution in [2.45, 2.75) is 20.0 Å². The topological polar surface area (TPSA) is 47.3 Å². The molecule has 2 rings (SSSR count). The van der Waals surface area contributed by atoms with Gasteiger partial charge in [0.1, 0.15) is 19.6 Å². The number of nitrogens with one attached hydrogen (secondary N) is 2. The summed E-state index contributed by atoms with van der Waals surface area (Å²) in [7, 11) is 0. The van der Waals surface area contributed by atoms with E-state index in [2.05, 4.69) is 21.7 Å². The first-order valence-electron chi connectivity index (χ1n) is 5.36. The summed E-state index contributed by atoms with van der Waals surface area (Å²) in [4.78, 5) is 1.52. The quantitative estimate of drug-likeness (QED) is 0.679. The van der Waals surface area contributed by atoms with Gasteiger partial charge in [0, 0.05) is 6.54 Å². The second-order valence-corrected chi connectivity index (χ2v) is 4.12. The standard InChI is InChI=1S/C9H16N4OS/c1-2-13-8(10-11-9(13)15)7-12-3-5-14-6-4-12/h2-7H2,1H3,(H,11,15)/p+1. The van der Waals surface area contributed by atoms with E-state index in [0.717, 1.165) is 50.0 Å². The van der Waals surface area contributed by atoms with E-state index in [1.54, 1.807) is 0 Å². The molecule has 0 atom stereocenters. The number of ether oxygens (including phenoxy) is 1. The van der Waals surface area contributed by atoms with Crippen molar-refractivity contribution in [1.82, 2.24) is 14.8 Å². The largest absolute Gasteiger partial charge is 0.370 e. The number of nitrogens with zero attached hydrogens (tertiary/aromatic N) is 2. The van der Waals surface area contributed by atoms with Gasteiger partial charge in [-0.3, -0.25) is 9.67 Å². The Hall–Kier alpha value is -0.720. The summed E-state index contributed by atoms with van der Waals surface area (Å²) in [6.45, 7) is 7.73.